The molecule has 4 nitrogen and oxygen atoms in total. The number of rotatable bonds is 4. The Balaban J connectivity index is 1.99. The molecular formula is C13H15NO3. The second-order valence-corrected chi connectivity index (χ2v) is 3.98. The van der Waals surface area contributed by atoms with Crippen LogP contribution < -0.4 is 10.1 Å². The molecule has 0 fully saturated rings. The Morgan fingerprint density at radius 1 is 1.41 bits per heavy atom. The summed E-state index contributed by atoms with van der Waals surface area (Å²) in [5, 5.41) is 2.66. The van der Waals surface area contributed by atoms with Gasteiger partial charge in [-0.15, -0.1) is 0 Å². The molecule has 1 aliphatic rings. The first-order valence-corrected chi connectivity index (χ1v) is 5.76. The van der Waals surface area contributed by atoms with Crippen molar-refractivity contribution in [1.29, 1.82) is 0 Å². The molecule has 90 valence electrons. The fraction of sp³-hybridized carbons (Fsp3) is 0.385. The van der Waals surface area contributed by atoms with E-state index >= 15 is 0 Å². The standard InChI is InChI=1S/C13H15NO3/c1-2-14-13(16)8-17-10-4-5-11-9(7-10)3-6-12(11)15/h4-5,7H,2-3,6,8H2,1H3,(H,14,16). The van der Waals surface area contributed by atoms with Crippen molar-refractivity contribution in [3.8, 4) is 5.75 Å². The maximum Gasteiger partial charge on any atom is 0.257 e. The van der Waals surface area contributed by atoms with Crippen LogP contribution in [0.25, 0.3) is 0 Å². The van der Waals surface area contributed by atoms with E-state index in [1.54, 1.807) is 12.1 Å². The normalized spacial score (nSPS) is 13.4. The molecular weight excluding hydrogens is 218 g/mol. The predicted octanol–water partition coefficient (Wildman–Crippen LogP) is 1.33. The van der Waals surface area contributed by atoms with E-state index in [1.165, 1.54) is 0 Å². The maximum atomic E-state index is 11.4. The van der Waals surface area contributed by atoms with Gasteiger partial charge in [-0.1, -0.05) is 0 Å². The molecule has 0 spiro atoms. The fourth-order valence-electron chi connectivity index (χ4n) is 1.92. The van der Waals surface area contributed by atoms with Crippen LogP contribution in [0, 0.1) is 0 Å². The lowest BCUT2D eigenvalue weighted by molar-refractivity contribution is -0.122. The number of hydrogen-bond donors (Lipinski definition) is 1. The van der Waals surface area contributed by atoms with E-state index in [0.717, 1.165) is 17.5 Å². The first-order chi connectivity index (χ1) is 8.20. The van der Waals surface area contributed by atoms with Crippen LogP contribution in [0.3, 0.4) is 0 Å². The molecule has 17 heavy (non-hydrogen) atoms. The summed E-state index contributed by atoms with van der Waals surface area (Å²) in [7, 11) is 0. The van der Waals surface area contributed by atoms with Gasteiger partial charge in [0, 0.05) is 18.5 Å². The average Bonchev–Trinajstić information content (AvgIpc) is 2.69. The smallest absolute Gasteiger partial charge is 0.257 e. The lowest BCUT2D eigenvalue weighted by Crippen LogP contribution is -2.28. The van der Waals surface area contributed by atoms with Gasteiger partial charge in [-0.3, -0.25) is 9.59 Å². The fourth-order valence-corrected chi connectivity index (χ4v) is 1.92. The third-order valence-electron chi connectivity index (χ3n) is 2.74. The van der Waals surface area contributed by atoms with Gasteiger partial charge < -0.3 is 10.1 Å². The highest BCUT2D eigenvalue weighted by molar-refractivity contribution is 6.00. The van der Waals surface area contributed by atoms with E-state index in [-0.39, 0.29) is 18.3 Å². The SMILES string of the molecule is CCNC(=O)COc1ccc2c(c1)CCC2=O. The lowest BCUT2D eigenvalue weighted by Gasteiger charge is -2.07. The van der Waals surface area contributed by atoms with Crippen molar-refractivity contribution < 1.29 is 14.3 Å². The van der Waals surface area contributed by atoms with Crippen LogP contribution in [0.15, 0.2) is 18.2 Å². The van der Waals surface area contributed by atoms with Gasteiger partial charge in [-0.2, -0.15) is 0 Å². The van der Waals surface area contributed by atoms with Crippen molar-refractivity contribution in [2.24, 2.45) is 0 Å². The number of carbonyl (C=O) groups is 2. The van der Waals surface area contributed by atoms with Crippen molar-refractivity contribution in [2.75, 3.05) is 13.2 Å². The molecule has 2 rings (SSSR count). The first kappa shape index (κ1) is 11.6. The number of Topliss-reactive ketones (excluding diaryl/α,β-unsaturated/α-hetero) is 1. The quantitative estimate of drug-likeness (QED) is 0.853. The number of amides is 1. The molecule has 1 amide bonds. The second kappa shape index (κ2) is 4.99. The van der Waals surface area contributed by atoms with Crippen LogP contribution in [-0.2, 0) is 11.2 Å². The summed E-state index contributed by atoms with van der Waals surface area (Å²) >= 11 is 0. The number of aryl methyl sites for hydroxylation is 1. The molecule has 0 bridgehead atoms. The van der Waals surface area contributed by atoms with Crippen molar-refractivity contribution in [1.82, 2.24) is 5.32 Å². The molecule has 4 heteroatoms. The molecule has 0 aromatic heterocycles. The molecule has 0 saturated heterocycles. The summed E-state index contributed by atoms with van der Waals surface area (Å²) in [6.07, 6.45) is 1.35. The summed E-state index contributed by atoms with van der Waals surface area (Å²) in [6.45, 7) is 2.47. The monoisotopic (exact) mass is 233 g/mol. The summed E-state index contributed by atoms with van der Waals surface area (Å²) in [5.74, 6) is 0.698. The van der Waals surface area contributed by atoms with Crippen LogP contribution >= 0.6 is 0 Å². The van der Waals surface area contributed by atoms with Gasteiger partial charge in [0.2, 0.25) is 0 Å². The largest absolute Gasteiger partial charge is 0.484 e. The van der Waals surface area contributed by atoms with Crippen LogP contribution in [0.2, 0.25) is 0 Å². The van der Waals surface area contributed by atoms with Gasteiger partial charge in [-0.05, 0) is 37.1 Å². The Labute approximate surface area is 100.0 Å². The summed E-state index contributed by atoms with van der Waals surface area (Å²) in [4.78, 5) is 22.6. The van der Waals surface area contributed by atoms with E-state index in [9.17, 15) is 9.59 Å². The van der Waals surface area contributed by atoms with Crippen molar-refractivity contribution in [3.63, 3.8) is 0 Å². The number of ketones is 1. The molecule has 1 aromatic carbocycles. The van der Waals surface area contributed by atoms with Crippen molar-refractivity contribution >= 4 is 11.7 Å². The number of nitrogens with one attached hydrogen (secondary N) is 1. The van der Waals surface area contributed by atoms with Crippen molar-refractivity contribution in [3.05, 3.63) is 29.3 Å². The molecule has 0 atom stereocenters. The van der Waals surface area contributed by atoms with E-state index in [1.807, 2.05) is 13.0 Å². The highest BCUT2D eigenvalue weighted by Crippen LogP contribution is 2.25. The van der Waals surface area contributed by atoms with E-state index in [4.69, 9.17) is 4.74 Å². The summed E-state index contributed by atoms with van der Waals surface area (Å²) in [5.41, 5.74) is 1.80. The van der Waals surface area contributed by atoms with Crippen molar-refractivity contribution in [2.45, 2.75) is 19.8 Å². The van der Waals surface area contributed by atoms with Gasteiger partial charge >= 0.3 is 0 Å². The summed E-state index contributed by atoms with van der Waals surface area (Å²) < 4.78 is 5.36. The molecule has 1 aliphatic carbocycles. The number of ether oxygens (including phenoxy) is 1. The average molecular weight is 233 g/mol. The molecule has 0 radical (unpaired) electrons. The zero-order valence-corrected chi connectivity index (χ0v) is 9.79. The van der Waals surface area contributed by atoms with E-state index < -0.39 is 0 Å². The topological polar surface area (TPSA) is 55.4 Å². The Morgan fingerprint density at radius 2 is 2.24 bits per heavy atom. The molecule has 0 saturated carbocycles. The Morgan fingerprint density at radius 3 is 3.00 bits per heavy atom. The van der Waals surface area contributed by atoms with Crippen LogP contribution in [0.5, 0.6) is 5.75 Å². The highest BCUT2D eigenvalue weighted by atomic mass is 16.5. The second-order valence-electron chi connectivity index (χ2n) is 3.98. The third-order valence-corrected chi connectivity index (χ3v) is 2.74. The number of fused-ring (bicyclic) bond motifs is 1. The van der Waals surface area contributed by atoms with E-state index in [0.29, 0.717) is 18.7 Å². The van der Waals surface area contributed by atoms with Gasteiger partial charge in [0.15, 0.2) is 12.4 Å². The number of carbonyl (C=O) groups excluding carboxylic acids is 2. The van der Waals surface area contributed by atoms with Gasteiger partial charge in [0.25, 0.3) is 5.91 Å². The Bertz CT molecular complexity index is 454. The Hall–Kier alpha value is -1.84. The lowest BCUT2D eigenvalue weighted by atomic mass is 10.1. The first-order valence-electron chi connectivity index (χ1n) is 5.76. The summed E-state index contributed by atoms with van der Waals surface area (Å²) in [6, 6.07) is 5.36. The minimum atomic E-state index is -0.135. The van der Waals surface area contributed by atoms with Gasteiger partial charge in [-0.25, -0.2) is 0 Å². The van der Waals surface area contributed by atoms with Crippen LogP contribution in [0.4, 0.5) is 0 Å². The highest BCUT2D eigenvalue weighted by Gasteiger charge is 2.19. The number of hydrogen-bond acceptors (Lipinski definition) is 3. The number of likely N-dealkylation sites (N-methyl/N-ethyl adjacent to an activating group) is 1. The zero-order valence-electron chi connectivity index (χ0n) is 9.79. The van der Waals surface area contributed by atoms with Gasteiger partial charge in [0.05, 0.1) is 0 Å². The molecule has 0 aliphatic heterocycles. The minimum Gasteiger partial charge on any atom is -0.484 e. The van der Waals surface area contributed by atoms with Gasteiger partial charge in [0.1, 0.15) is 5.75 Å². The zero-order chi connectivity index (χ0) is 12.3. The van der Waals surface area contributed by atoms with Crippen LogP contribution in [0.1, 0.15) is 29.3 Å². The maximum absolute atomic E-state index is 11.4. The molecule has 1 N–H and O–H groups in total. The van der Waals surface area contributed by atoms with E-state index in [2.05, 4.69) is 5.32 Å². The predicted molar refractivity (Wildman–Crippen MR) is 63.3 cm³/mol. The minimum absolute atomic E-state index is 0.0145. The number of benzene rings is 1. The third kappa shape index (κ3) is 2.64. The molecule has 0 heterocycles. The molecule has 0 unspecified atom stereocenters. The van der Waals surface area contributed by atoms with Crippen LogP contribution in [-0.4, -0.2) is 24.8 Å². The molecule has 1 aromatic rings. The Kier molecular flexibility index (Phi) is 3.42.